The normalized spacial score (nSPS) is 32.1. The van der Waals surface area contributed by atoms with E-state index in [0.29, 0.717) is 44.4 Å². The molecule has 0 radical (unpaired) electrons. The number of carbonyl (C=O) groups is 1. The molecule has 5 aliphatic rings. The van der Waals surface area contributed by atoms with Crippen LogP contribution >= 0.6 is 0 Å². The first-order valence-electron chi connectivity index (χ1n) is 13.1. The van der Waals surface area contributed by atoms with Gasteiger partial charge in [0.1, 0.15) is 0 Å². The number of phenolic OH excluding ortho intramolecular Hbond substituents is 1. The zero-order valence-corrected chi connectivity index (χ0v) is 20.4. The third kappa shape index (κ3) is 2.72. The smallest absolute Gasteiger partial charge is 0.227 e. The van der Waals surface area contributed by atoms with Crippen molar-refractivity contribution in [1.29, 1.82) is 0 Å². The summed E-state index contributed by atoms with van der Waals surface area (Å²) < 4.78 is 6.67. The van der Waals surface area contributed by atoms with E-state index in [1.165, 1.54) is 5.56 Å². The van der Waals surface area contributed by atoms with Gasteiger partial charge in [-0.2, -0.15) is 0 Å². The molecule has 1 amide bonds. The molecule has 3 heterocycles. The van der Waals surface area contributed by atoms with E-state index >= 15 is 0 Å². The number of aliphatic hydroxyl groups is 1. The predicted octanol–water partition coefficient (Wildman–Crippen LogP) is 3.46. The van der Waals surface area contributed by atoms with Gasteiger partial charge in [-0.1, -0.05) is 42.5 Å². The molecular formula is C30H32N2O4. The quantitative estimate of drug-likeness (QED) is 0.636. The van der Waals surface area contributed by atoms with Gasteiger partial charge in [-0.15, -0.1) is 6.58 Å². The maximum absolute atomic E-state index is 13.4. The van der Waals surface area contributed by atoms with Gasteiger partial charge in [0.2, 0.25) is 5.91 Å². The molecule has 1 fully saturated rings. The summed E-state index contributed by atoms with van der Waals surface area (Å²) in [7, 11) is 0. The van der Waals surface area contributed by atoms with Crippen LogP contribution in [0.1, 0.15) is 42.4 Å². The Kier molecular flexibility index (Phi) is 4.74. The Morgan fingerprint density at radius 2 is 2.00 bits per heavy atom. The highest BCUT2D eigenvalue weighted by atomic mass is 16.5. The van der Waals surface area contributed by atoms with Crippen molar-refractivity contribution in [3.63, 3.8) is 0 Å². The van der Waals surface area contributed by atoms with Crippen LogP contribution in [0.3, 0.4) is 0 Å². The summed E-state index contributed by atoms with van der Waals surface area (Å²) >= 11 is 0. The largest absolute Gasteiger partial charge is 0.504 e. The molecule has 6 heteroatoms. The van der Waals surface area contributed by atoms with Gasteiger partial charge in [0, 0.05) is 44.1 Å². The average Bonchev–Trinajstić information content (AvgIpc) is 3.23. The Labute approximate surface area is 211 Å². The molecule has 2 aliphatic carbocycles. The highest BCUT2D eigenvalue weighted by Crippen LogP contribution is 2.67. The molecule has 1 saturated heterocycles. The first-order valence-corrected chi connectivity index (χ1v) is 13.1. The number of fused-ring (bicyclic) bond motifs is 1. The maximum Gasteiger partial charge on any atom is 0.227 e. The predicted molar refractivity (Wildman–Crippen MR) is 136 cm³/mol. The number of ether oxygens (including phenoxy) is 1. The average molecular weight is 485 g/mol. The van der Waals surface area contributed by atoms with E-state index in [2.05, 4.69) is 23.6 Å². The minimum absolute atomic E-state index is 0.0669. The van der Waals surface area contributed by atoms with Crippen LogP contribution in [-0.4, -0.2) is 63.3 Å². The molecule has 2 bridgehead atoms. The monoisotopic (exact) mass is 484 g/mol. The Morgan fingerprint density at radius 1 is 1.17 bits per heavy atom. The summed E-state index contributed by atoms with van der Waals surface area (Å²) in [6.07, 6.45) is 5.24. The fraction of sp³-hybridized carbons (Fsp3) is 0.433. The number of nitrogens with zero attached hydrogens (tertiary/aromatic N) is 2. The van der Waals surface area contributed by atoms with Crippen LogP contribution < -0.4 is 4.74 Å². The van der Waals surface area contributed by atoms with Crippen molar-refractivity contribution < 1.29 is 19.7 Å². The van der Waals surface area contributed by atoms with E-state index in [1.54, 1.807) is 6.07 Å². The number of phenols is 1. The zero-order valence-electron chi connectivity index (χ0n) is 20.4. The lowest BCUT2D eigenvalue weighted by atomic mass is 9.48. The highest BCUT2D eigenvalue weighted by Gasteiger charge is 2.73. The SMILES string of the molecule is C=CCN1CC[C@]23c4c5ccc(O)c4O[C@H]2C2=C(CCC(=O)N2CCc2ccccc2)C[C@@]3(O)[C@H]1C5. The Morgan fingerprint density at radius 3 is 2.81 bits per heavy atom. The summed E-state index contributed by atoms with van der Waals surface area (Å²) in [5, 5.41) is 23.6. The summed E-state index contributed by atoms with van der Waals surface area (Å²) in [6.45, 7) is 6.08. The van der Waals surface area contributed by atoms with Gasteiger partial charge in [-0.25, -0.2) is 0 Å². The number of amides is 1. The second kappa shape index (κ2) is 7.70. The Balaban J connectivity index is 1.38. The van der Waals surface area contributed by atoms with Crippen LogP contribution in [-0.2, 0) is 23.1 Å². The third-order valence-corrected chi connectivity index (χ3v) is 9.48. The standard InChI is InChI=1S/C30H32N2O4/c1-2-14-31-16-13-29-25-20-8-10-22(33)27(25)36-28(29)26-21(18-30(29,35)23(31)17-20)9-11-24(34)32(26)15-12-19-6-4-3-5-7-19/h2-8,10,23,28,33,35H,1,9,11-18H2/t23-,28+,29+,30-/m1/s1. The molecule has 0 saturated carbocycles. The molecule has 7 rings (SSSR count). The van der Waals surface area contributed by atoms with Gasteiger partial charge in [-0.3, -0.25) is 9.69 Å². The molecular weight excluding hydrogens is 452 g/mol. The number of rotatable bonds is 5. The summed E-state index contributed by atoms with van der Waals surface area (Å²) in [4.78, 5) is 17.6. The van der Waals surface area contributed by atoms with Crippen LogP contribution in [0.2, 0.25) is 0 Å². The molecule has 2 N–H and O–H groups in total. The second-order valence-corrected chi connectivity index (χ2v) is 11.0. The molecule has 3 aliphatic heterocycles. The molecule has 2 aromatic rings. The molecule has 2 aromatic carbocycles. The van der Waals surface area contributed by atoms with E-state index < -0.39 is 17.1 Å². The van der Waals surface area contributed by atoms with E-state index in [9.17, 15) is 15.0 Å². The minimum atomic E-state index is -1.03. The van der Waals surface area contributed by atoms with E-state index in [1.807, 2.05) is 35.2 Å². The van der Waals surface area contributed by atoms with Crippen LogP contribution in [0.15, 0.2) is 66.4 Å². The molecule has 6 nitrogen and oxygen atoms in total. The van der Waals surface area contributed by atoms with Crippen molar-refractivity contribution in [2.75, 3.05) is 19.6 Å². The van der Waals surface area contributed by atoms with Crippen molar-refractivity contribution in [2.24, 2.45) is 0 Å². The van der Waals surface area contributed by atoms with Crippen LogP contribution in [0.4, 0.5) is 0 Å². The first kappa shape index (κ1) is 22.1. The van der Waals surface area contributed by atoms with Crippen molar-refractivity contribution in [2.45, 2.75) is 61.7 Å². The number of likely N-dealkylation sites (tertiary alicyclic amines) is 1. The lowest BCUT2D eigenvalue weighted by Crippen LogP contribution is -2.76. The van der Waals surface area contributed by atoms with Gasteiger partial charge < -0.3 is 19.8 Å². The number of hydrogen-bond acceptors (Lipinski definition) is 5. The van der Waals surface area contributed by atoms with Crippen LogP contribution in [0.5, 0.6) is 11.5 Å². The molecule has 186 valence electrons. The van der Waals surface area contributed by atoms with E-state index in [4.69, 9.17) is 4.74 Å². The zero-order chi connectivity index (χ0) is 24.7. The maximum atomic E-state index is 13.4. The van der Waals surface area contributed by atoms with Crippen molar-refractivity contribution in [1.82, 2.24) is 9.80 Å². The Hall–Kier alpha value is -3.09. The van der Waals surface area contributed by atoms with Gasteiger partial charge in [0.25, 0.3) is 0 Å². The van der Waals surface area contributed by atoms with Crippen molar-refractivity contribution >= 4 is 5.91 Å². The van der Waals surface area contributed by atoms with Gasteiger partial charge in [0.05, 0.1) is 16.7 Å². The molecule has 36 heavy (non-hydrogen) atoms. The number of carbonyl (C=O) groups excluding carboxylic acids is 1. The van der Waals surface area contributed by atoms with Gasteiger partial charge >= 0.3 is 0 Å². The summed E-state index contributed by atoms with van der Waals surface area (Å²) in [6, 6.07) is 13.9. The molecule has 0 unspecified atom stereocenters. The number of aromatic hydroxyl groups is 1. The third-order valence-electron chi connectivity index (χ3n) is 9.48. The van der Waals surface area contributed by atoms with Crippen molar-refractivity contribution in [3.8, 4) is 11.5 Å². The van der Waals surface area contributed by atoms with Gasteiger partial charge in [0.15, 0.2) is 17.6 Å². The van der Waals surface area contributed by atoms with E-state index in [-0.39, 0.29) is 17.7 Å². The van der Waals surface area contributed by atoms with Crippen LogP contribution in [0.25, 0.3) is 0 Å². The number of piperidine rings is 1. The first-order chi connectivity index (χ1) is 17.5. The number of benzene rings is 2. The summed E-state index contributed by atoms with van der Waals surface area (Å²) in [5.41, 5.74) is 3.65. The second-order valence-electron chi connectivity index (χ2n) is 11.0. The van der Waals surface area contributed by atoms with Crippen LogP contribution in [0, 0.1) is 0 Å². The molecule has 1 spiro atoms. The lowest BCUT2D eigenvalue weighted by molar-refractivity contribution is -0.170. The fourth-order valence-electron chi connectivity index (χ4n) is 7.99. The Bertz CT molecular complexity index is 1300. The van der Waals surface area contributed by atoms with E-state index in [0.717, 1.165) is 41.9 Å². The fourth-order valence-corrected chi connectivity index (χ4v) is 7.99. The lowest BCUT2D eigenvalue weighted by Gasteiger charge is -2.64. The summed E-state index contributed by atoms with van der Waals surface area (Å²) in [5.74, 6) is 0.736. The topological polar surface area (TPSA) is 73.2 Å². The minimum Gasteiger partial charge on any atom is -0.504 e. The number of hydrogen-bond donors (Lipinski definition) is 2. The van der Waals surface area contributed by atoms with Crippen molar-refractivity contribution in [3.05, 3.63) is 83.1 Å². The molecule has 0 aromatic heterocycles. The van der Waals surface area contributed by atoms with Gasteiger partial charge in [-0.05, 0) is 48.4 Å². The highest BCUT2D eigenvalue weighted by molar-refractivity contribution is 5.81. The molecule has 4 atom stereocenters.